The largest absolute Gasteiger partial charge is 0.493 e. The van der Waals surface area contributed by atoms with Gasteiger partial charge in [0.2, 0.25) is 6.79 Å². The number of benzene rings is 2. The maximum Gasteiger partial charge on any atom is 0.231 e. The summed E-state index contributed by atoms with van der Waals surface area (Å²) in [6.07, 6.45) is 4.44. The first-order chi connectivity index (χ1) is 12.2. The standard InChI is InChI=1S/C21H26O4/c1-15(11-17-8-10-19-21(13-17)25-14-24-19)5-4-6-16-7-9-18(22-2)20(12-16)23-3/h7-10,12-13,15H,4-6,11,14H2,1-3H3/t15-/m1/s1. The van der Waals surface area contributed by atoms with E-state index in [2.05, 4.69) is 31.2 Å². The van der Waals surface area contributed by atoms with Crippen LogP contribution in [0, 0.1) is 5.92 Å². The van der Waals surface area contributed by atoms with Gasteiger partial charge >= 0.3 is 0 Å². The molecule has 0 bridgehead atoms. The van der Waals surface area contributed by atoms with Crippen molar-refractivity contribution in [1.29, 1.82) is 0 Å². The highest BCUT2D eigenvalue weighted by atomic mass is 16.7. The van der Waals surface area contributed by atoms with E-state index >= 15 is 0 Å². The molecule has 1 aliphatic heterocycles. The lowest BCUT2D eigenvalue weighted by atomic mass is 9.94. The van der Waals surface area contributed by atoms with E-state index in [1.165, 1.54) is 17.5 Å². The molecule has 1 aliphatic rings. The fraction of sp³-hybridized carbons (Fsp3) is 0.429. The van der Waals surface area contributed by atoms with Crippen molar-refractivity contribution in [3.05, 3.63) is 47.5 Å². The molecule has 0 fully saturated rings. The molecule has 0 saturated heterocycles. The Morgan fingerprint density at radius 3 is 2.48 bits per heavy atom. The second-order valence-corrected chi connectivity index (χ2v) is 6.58. The van der Waals surface area contributed by atoms with Crippen molar-refractivity contribution in [3.63, 3.8) is 0 Å². The van der Waals surface area contributed by atoms with Crippen LogP contribution in [0.15, 0.2) is 36.4 Å². The average Bonchev–Trinajstić information content (AvgIpc) is 3.09. The lowest BCUT2D eigenvalue weighted by Crippen LogP contribution is -2.01. The van der Waals surface area contributed by atoms with Crippen molar-refractivity contribution in [1.82, 2.24) is 0 Å². The quantitative estimate of drug-likeness (QED) is 0.701. The van der Waals surface area contributed by atoms with Gasteiger partial charge in [0.1, 0.15) is 0 Å². The Hall–Kier alpha value is -2.36. The van der Waals surface area contributed by atoms with Gasteiger partial charge in [0.05, 0.1) is 14.2 Å². The van der Waals surface area contributed by atoms with Crippen LogP contribution in [-0.4, -0.2) is 21.0 Å². The molecule has 2 aromatic rings. The van der Waals surface area contributed by atoms with Gasteiger partial charge in [-0.15, -0.1) is 0 Å². The molecule has 2 aromatic carbocycles. The summed E-state index contributed by atoms with van der Waals surface area (Å²) in [5.41, 5.74) is 2.59. The lowest BCUT2D eigenvalue weighted by Gasteiger charge is -2.13. The fourth-order valence-electron chi connectivity index (χ4n) is 3.26. The first-order valence-electron chi connectivity index (χ1n) is 8.79. The van der Waals surface area contributed by atoms with Crippen LogP contribution in [0.5, 0.6) is 23.0 Å². The van der Waals surface area contributed by atoms with Crippen LogP contribution in [0.25, 0.3) is 0 Å². The van der Waals surface area contributed by atoms with Gasteiger partial charge in [-0.1, -0.05) is 25.5 Å². The van der Waals surface area contributed by atoms with E-state index in [9.17, 15) is 0 Å². The van der Waals surface area contributed by atoms with Gasteiger partial charge in [-0.2, -0.15) is 0 Å². The van der Waals surface area contributed by atoms with Gasteiger partial charge in [-0.25, -0.2) is 0 Å². The SMILES string of the molecule is COc1ccc(CCC[C@@H](C)Cc2ccc3c(c2)OCO3)cc1OC. The molecular weight excluding hydrogens is 316 g/mol. The molecule has 0 spiro atoms. The molecule has 3 rings (SSSR count). The lowest BCUT2D eigenvalue weighted by molar-refractivity contribution is 0.174. The Bertz CT molecular complexity index is 711. The number of aryl methyl sites for hydroxylation is 1. The second-order valence-electron chi connectivity index (χ2n) is 6.58. The summed E-state index contributed by atoms with van der Waals surface area (Å²) >= 11 is 0. The van der Waals surface area contributed by atoms with E-state index < -0.39 is 0 Å². The van der Waals surface area contributed by atoms with E-state index in [1.807, 2.05) is 12.1 Å². The molecular formula is C21H26O4. The monoisotopic (exact) mass is 342 g/mol. The summed E-state index contributed by atoms with van der Waals surface area (Å²) in [6, 6.07) is 12.4. The van der Waals surface area contributed by atoms with Crippen LogP contribution in [0.4, 0.5) is 0 Å². The van der Waals surface area contributed by atoms with E-state index in [-0.39, 0.29) is 0 Å². The van der Waals surface area contributed by atoms with Gasteiger partial charge in [0, 0.05) is 0 Å². The molecule has 1 heterocycles. The fourth-order valence-corrected chi connectivity index (χ4v) is 3.26. The molecule has 0 N–H and O–H groups in total. The minimum Gasteiger partial charge on any atom is -0.493 e. The number of hydrogen-bond acceptors (Lipinski definition) is 4. The number of ether oxygens (including phenoxy) is 4. The maximum atomic E-state index is 5.46. The number of hydrogen-bond donors (Lipinski definition) is 0. The third-order valence-electron chi connectivity index (χ3n) is 4.63. The first-order valence-corrected chi connectivity index (χ1v) is 8.79. The zero-order chi connectivity index (χ0) is 17.6. The van der Waals surface area contributed by atoms with Gasteiger partial charge in [-0.05, 0) is 60.6 Å². The van der Waals surface area contributed by atoms with Crippen LogP contribution < -0.4 is 18.9 Å². The molecule has 0 unspecified atom stereocenters. The van der Waals surface area contributed by atoms with Crippen molar-refractivity contribution in [2.75, 3.05) is 21.0 Å². The van der Waals surface area contributed by atoms with E-state index in [0.717, 1.165) is 42.3 Å². The smallest absolute Gasteiger partial charge is 0.231 e. The summed E-state index contributed by atoms with van der Waals surface area (Å²) in [5, 5.41) is 0. The van der Waals surface area contributed by atoms with Gasteiger partial charge in [-0.3, -0.25) is 0 Å². The Labute approximate surface area is 149 Å². The highest BCUT2D eigenvalue weighted by Gasteiger charge is 2.14. The van der Waals surface area contributed by atoms with Crippen molar-refractivity contribution < 1.29 is 18.9 Å². The zero-order valence-electron chi connectivity index (χ0n) is 15.2. The minimum atomic E-state index is 0.333. The molecule has 1 atom stereocenters. The second kappa shape index (κ2) is 8.15. The van der Waals surface area contributed by atoms with Gasteiger partial charge < -0.3 is 18.9 Å². The first kappa shape index (κ1) is 17.5. The average molecular weight is 342 g/mol. The summed E-state index contributed by atoms with van der Waals surface area (Å²) < 4.78 is 21.5. The van der Waals surface area contributed by atoms with E-state index in [1.54, 1.807) is 14.2 Å². The van der Waals surface area contributed by atoms with E-state index in [0.29, 0.717) is 12.7 Å². The minimum absolute atomic E-state index is 0.333. The molecule has 134 valence electrons. The Morgan fingerprint density at radius 2 is 1.68 bits per heavy atom. The van der Waals surface area contributed by atoms with Crippen LogP contribution in [0.3, 0.4) is 0 Å². The topological polar surface area (TPSA) is 36.9 Å². The van der Waals surface area contributed by atoms with Crippen LogP contribution in [0.1, 0.15) is 30.9 Å². The molecule has 25 heavy (non-hydrogen) atoms. The highest BCUT2D eigenvalue weighted by Crippen LogP contribution is 2.33. The molecule has 0 saturated carbocycles. The van der Waals surface area contributed by atoms with Crippen LogP contribution >= 0.6 is 0 Å². The molecule has 4 nitrogen and oxygen atoms in total. The molecule has 4 heteroatoms. The third-order valence-corrected chi connectivity index (χ3v) is 4.63. The number of methoxy groups -OCH3 is 2. The van der Waals surface area contributed by atoms with E-state index in [4.69, 9.17) is 18.9 Å². The Morgan fingerprint density at radius 1 is 0.920 bits per heavy atom. The highest BCUT2D eigenvalue weighted by molar-refractivity contribution is 5.44. The summed E-state index contributed by atoms with van der Waals surface area (Å²) in [4.78, 5) is 0. The maximum absolute atomic E-state index is 5.46. The normalized spacial score (nSPS) is 13.6. The van der Waals surface area contributed by atoms with Crippen LogP contribution in [0.2, 0.25) is 0 Å². The summed E-state index contributed by atoms with van der Waals surface area (Å²) in [6.45, 7) is 2.64. The molecule has 0 amide bonds. The molecule has 0 radical (unpaired) electrons. The predicted octanol–water partition coefficient (Wildman–Crippen LogP) is 4.63. The van der Waals surface area contributed by atoms with Gasteiger partial charge in [0.25, 0.3) is 0 Å². The van der Waals surface area contributed by atoms with Crippen LogP contribution in [-0.2, 0) is 12.8 Å². The Balaban J connectivity index is 1.48. The number of fused-ring (bicyclic) bond motifs is 1. The predicted molar refractivity (Wildman–Crippen MR) is 97.9 cm³/mol. The van der Waals surface area contributed by atoms with Crippen molar-refractivity contribution in [3.8, 4) is 23.0 Å². The van der Waals surface area contributed by atoms with Gasteiger partial charge in [0.15, 0.2) is 23.0 Å². The molecule has 0 aliphatic carbocycles. The molecule has 0 aromatic heterocycles. The summed E-state index contributed by atoms with van der Waals surface area (Å²) in [5.74, 6) is 3.93. The van der Waals surface area contributed by atoms with Crippen molar-refractivity contribution >= 4 is 0 Å². The zero-order valence-corrected chi connectivity index (χ0v) is 15.2. The number of rotatable bonds is 8. The third kappa shape index (κ3) is 4.38. The van der Waals surface area contributed by atoms with Crippen molar-refractivity contribution in [2.24, 2.45) is 5.92 Å². The Kier molecular flexibility index (Phi) is 5.69. The summed E-state index contributed by atoms with van der Waals surface area (Å²) in [7, 11) is 3.34. The van der Waals surface area contributed by atoms with Crippen molar-refractivity contribution in [2.45, 2.75) is 32.6 Å².